The molecule has 0 amide bonds. The van der Waals surface area contributed by atoms with Gasteiger partial charge in [0.15, 0.2) is 0 Å². The van der Waals surface area contributed by atoms with Gasteiger partial charge in [0.1, 0.15) is 5.75 Å². The Morgan fingerprint density at radius 1 is 1.53 bits per heavy atom. The Hall–Kier alpha value is -1.77. The molecule has 2 N–H and O–H groups in total. The third-order valence-electron chi connectivity index (χ3n) is 2.12. The van der Waals surface area contributed by atoms with Gasteiger partial charge in [-0.3, -0.25) is 4.79 Å². The van der Waals surface area contributed by atoms with Crippen LogP contribution < -0.4 is 0 Å². The average Bonchev–Trinajstić information content (AvgIpc) is 2.16. The van der Waals surface area contributed by atoms with Crippen molar-refractivity contribution in [1.29, 1.82) is 0 Å². The lowest BCUT2D eigenvalue weighted by molar-refractivity contribution is -0.137. The van der Waals surface area contributed by atoms with Crippen LogP contribution in [0.15, 0.2) is 36.4 Å². The summed E-state index contributed by atoms with van der Waals surface area (Å²) in [5.74, 6) is -0.867. The number of phenolic OH excluding ortho intramolecular Hbond substituents is 1. The van der Waals surface area contributed by atoms with Crippen LogP contribution in [0, 0.1) is 0 Å². The minimum absolute atomic E-state index is 0.0355. The van der Waals surface area contributed by atoms with Gasteiger partial charge in [0.2, 0.25) is 0 Å². The fraction of sp³-hybridized carbons (Fsp3) is 0.250. The minimum Gasteiger partial charge on any atom is -0.508 e. The molecule has 3 heteroatoms. The van der Waals surface area contributed by atoms with E-state index in [4.69, 9.17) is 5.11 Å². The zero-order chi connectivity index (χ0) is 11.3. The van der Waals surface area contributed by atoms with Gasteiger partial charge in [-0.15, -0.1) is 0 Å². The van der Waals surface area contributed by atoms with Crippen LogP contribution >= 0.6 is 0 Å². The molecule has 0 saturated heterocycles. The largest absolute Gasteiger partial charge is 0.508 e. The molecule has 15 heavy (non-hydrogen) atoms. The van der Waals surface area contributed by atoms with Crippen LogP contribution in [0.1, 0.15) is 24.8 Å². The van der Waals surface area contributed by atoms with E-state index < -0.39 is 5.97 Å². The summed E-state index contributed by atoms with van der Waals surface area (Å²) in [5, 5.41) is 18.0. The SMILES string of the molecule is CC=C[C@@H](CC(=O)O)c1cccc(O)c1. The highest BCUT2D eigenvalue weighted by Crippen LogP contribution is 2.24. The first-order valence-electron chi connectivity index (χ1n) is 4.77. The molecule has 3 nitrogen and oxygen atoms in total. The second kappa shape index (κ2) is 5.20. The Labute approximate surface area is 88.7 Å². The molecule has 1 atom stereocenters. The number of aliphatic carboxylic acids is 1. The molecular weight excluding hydrogens is 192 g/mol. The molecule has 1 rings (SSSR count). The molecule has 0 fully saturated rings. The van der Waals surface area contributed by atoms with E-state index in [2.05, 4.69) is 0 Å². The molecule has 0 unspecified atom stereocenters. The van der Waals surface area contributed by atoms with Gasteiger partial charge in [0, 0.05) is 5.92 Å². The second-order valence-corrected chi connectivity index (χ2v) is 3.33. The van der Waals surface area contributed by atoms with Gasteiger partial charge in [-0.25, -0.2) is 0 Å². The van der Waals surface area contributed by atoms with Crippen molar-refractivity contribution in [1.82, 2.24) is 0 Å². The highest BCUT2D eigenvalue weighted by atomic mass is 16.4. The maximum atomic E-state index is 10.6. The standard InChI is InChI=1S/C12H14O3/c1-2-4-9(8-12(14)15)10-5-3-6-11(13)7-10/h2-7,9,13H,8H2,1H3,(H,14,15)/t9-/m0/s1. The molecule has 0 saturated carbocycles. The number of benzene rings is 1. The summed E-state index contributed by atoms with van der Waals surface area (Å²) in [6, 6.07) is 6.68. The van der Waals surface area contributed by atoms with Gasteiger partial charge in [-0.1, -0.05) is 24.3 Å². The van der Waals surface area contributed by atoms with E-state index in [-0.39, 0.29) is 18.1 Å². The average molecular weight is 206 g/mol. The number of rotatable bonds is 4. The molecule has 0 aromatic heterocycles. The maximum absolute atomic E-state index is 10.6. The molecule has 1 aromatic carbocycles. The van der Waals surface area contributed by atoms with E-state index in [1.54, 1.807) is 18.2 Å². The Kier molecular flexibility index (Phi) is 3.92. The Balaban J connectivity index is 2.93. The summed E-state index contributed by atoms with van der Waals surface area (Å²) in [4.78, 5) is 10.6. The number of hydrogen-bond donors (Lipinski definition) is 2. The number of phenols is 1. The zero-order valence-electron chi connectivity index (χ0n) is 8.55. The lowest BCUT2D eigenvalue weighted by atomic mass is 9.95. The van der Waals surface area contributed by atoms with E-state index in [0.717, 1.165) is 5.56 Å². The highest BCUT2D eigenvalue weighted by Gasteiger charge is 2.12. The van der Waals surface area contributed by atoms with E-state index >= 15 is 0 Å². The van der Waals surface area contributed by atoms with E-state index in [1.165, 1.54) is 0 Å². The molecule has 80 valence electrons. The van der Waals surface area contributed by atoms with Crippen LogP contribution in [-0.2, 0) is 4.79 Å². The molecule has 0 aliphatic heterocycles. The second-order valence-electron chi connectivity index (χ2n) is 3.33. The summed E-state index contributed by atoms with van der Waals surface area (Å²) in [6.07, 6.45) is 3.67. The fourth-order valence-corrected chi connectivity index (χ4v) is 1.47. The van der Waals surface area contributed by atoms with Crippen LogP contribution in [-0.4, -0.2) is 16.2 Å². The molecule has 0 spiro atoms. The number of carbonyl (C=O) groups is 1. The first-order chi connectivity index (χ1) is 7.13. The summed E-state index contributed by atoms with van der Waals surface area (Å²) in [5.41, 5.74) is 0.815. The zero-order valence-corrected chi connectivity index (χ0v) is 8.55. The van der Waals surface area contributed by atoms with Gasteiger partial charge in [-0.05, 0) is 24.6 Å². The fourth-order valence-electron chi connectivity index (χ4n) is 1.47. The van der Waals surface area contributed by atoms with Crippen LogP contribution in [0.2, 0.25) is 0 Å². The van der Waals surface area contributed by atoms with Crippen molar-refractivity contribution < 1.29 is 15.0 Å². The van der Waals surface area contributed by atoms with Gasteiger partial charge >= 0.3 is 5.97 Å². The number of hydrogen-bond acceptors (Lipinski definition) is 2. The van der Waals surface area contributed by atoms with E-state index in [9.17, 15) is 9.90 Å². The highest BCUT2D eigenvalue weighted by molar-refractivity contribution is 5.68. The Morgan fingerprint density at radius 2 is 2.27 bits per heavy atom. The third kappa shape index (κ3) is 3.46. The first kappa shape index (κ1) is 11.3. The predicted octanol–water partition coefficient (Wildman–Crippen LogP) is 2.53. The number of aromatic hydroxyl groups is 1. The van der Waals surface area contributed by atoms with Crippen LogP contribution in [0.5, 0.6) is 5.75 Å². The van der Waals surface area contributed by atoms with Gasteiger partial charge in [0.25, 0.3) is 0 Å². The van der Waals surface area contributed by atoms with Crippen molar-refractivity contribution in [2.24, 2.45) is 0 Å². The van der Waals surface area contributed by atoms with Crippen LogP contribution in [0.3, 0.4) is 0 Å². The quantitative estimate of drug-likeness (QED) is 0.744. The first-order valence-corrected chi connectivity index (χ1v) is 4.77. The monoisotopic (exact) mass is 206 g/mol. The van der Waals surface area contributed by atoms with Crippen molar-refractivity contribution in [2.75, 3.05) is 0 Å². The Bertz CT molecular complexity index is 369. The molecule has 0 aliphatic rings. The Morgan fingerprint density at radius 3 is 2.80 bits per heavy atom. The van der Waals surface area contributed by atoms with Crippen molar-refractivity contribution in [3.05, 3.63) is 42.0 Å². The minimum atomic E-state index is -0.846. The topological polar surface area (TPSA) is 57.5 Å². The predicted molar refractivity (Wildman–Crippen MR) is 57.9 cm³/mol. The summed E-state index contributed by atoms with van der Waals surface area (Å²) >= 11 is 0. The number of carboxylic acids is 1. The lowest BCUT2D eigenvalue weighted by Gasteiger charge is -2.10. The summed E-state index contributed by atoms with van der Waals surface area (Å²) < 4.78 is 0. The molecule has 1 aromatic rings. The molecular formula is C12H14O3. The maximum Gasteiger partial charge on any atom is 0.304 e. The van der Waals surface area contributed by atoms with Crippen molar-refractivity contribution in [2.45, 2.75) is 19.3 Å². The summed E-state index contributed by atoms with van der Waals surface area (Å²) in [7, 11) is 0. The smallest absolute Gasteiger partial charge is 0.304 e. The van der Waals surface area contributed by atoms with Crippen molar-refractivity contribution >= 4 is 5.97 Å². The van der Waals surface area contributed by atoms with E-state index in [1.807, 2.05) is 25.1 Å². The van der Waals surface area contributed by atoms with E-state index in [0.29, 0.717) is 0 Å². The van der Waals surface area contributed by atoms with Crippen molar-refractivity contribution in [3.8, 4) is 5.75 Å². The number of carboxylic acid groups (broad SMARTS) is 1. The molecule has 0 heterocycles. The van der Waals surface area contributed by atoms with Crippen LogP contribution in [0.4, 0.5) is 0 Å². The normalized spacial score (nSPS) is 12.9. The number of allylic oxidation sites excluding steroid dienone is 2. The van der Waals surface area contributed by atoms with Crippen LogP contribution in [0.25, 0.3) is 0 Å². The van der Waals surface area contributed by atoms with Gasteiger partial charge in [-0.2, -0.15) is 0 Å². The third-order valence-corrected chi connectivity index (χ3v) is 2.12. The lowest BCUT2D eigenvalue weighted by Crippen LogP contribution is -2.03. The summed E-state index contributed by atoms with van der Waals surface area (Å²) in [6.45, 7) is 1.84. The molecule has 0 radical (unpaired) electrons. The molecule has 0 bridgehead atoms. The van der Waals surface area contributed by atoms with Gasteiger partial charge in [0.05, 0.1) is 6.42 Å². The van der Waals surface area contributed by atoms with Crippen molar-refractivity contribution in [3.63, 3.8) is 0 Å². The van der Waals surface area contributed by atoms with Gasteiger partial charge < -0.3 is 10.2 Å². The molecule has 0 aliphatic carbocycles.